The van der Waals surface area contributed by atoms with E-state index in [9.17, 15) is 4.79 Å². The summed E-state index contributed by atoms with van der Waals surface area (Å²) in [5.74, 6) is -0.131. The summed E-state index contributed by atoms with van der Waals surface area (Å²) in [6, 6.07) is 12.1. The number of aromatic nitrogens is 1. The summed E-state index contributed by atoms with van der Waals surface area (Å²) in [5, 5.41) is 9.62. The third-order valence-electron chi connectivity index (χ3n) is 3.75. The summed E-state index contributed by atoms with van der Waals surface area (Å²) in [7, 11) is 0. The zero-order valence-corrected chi connectivity index (χ0v) is 15.6. The summed E-state index contributed by atoms with van der Waals surface area (Å²) in [6.45, 7) is 3.22. The monoisotopic (exact) mass is 372 g/mol. The van der Waals surface area contributed by atoms with E-state index in [1.807, 2.05) is 41.9 Å². The Morgan fingerprint density at radius 2 is 2.08 bits per heavy atom. The highest BCUT2D eigenvalue weighted by Crippen LogP contribution is 2.25. The van der Waals surface area contributed by atoms with E-state index in [-0.39, 0.29) is 12.0 Å². The molecule has 1 atom stereocenters. The van der Waals surface area contributed by atoms with Crippen molar-refractivity contribution < 1.29 is 9.53 Å². The van der Waals surface area contributed by atoms with Gasteiger partial charge in [-0.25, -0.2) is 4.98 Å². The molecule has 0 saturated heterocycles. The molecule has 1 amide bonds. The molecule has 0 saturated carbocycles. The first-order valence-electron chi connectivity index (χ1n) is 8.17. The molecule has 0 aliphatic carbocycles. The van der Waals surface area contributed by atoms with Crippen LogP contribution in [0.4, 0.5) is 0 Å². The standard InChI is InChI=1S/C19H20N2O2S2/c1-14(15-6-3-2-4-7-15)23-10-5-9-20-18(22)17-13-25-19(21-17)16-8-11-24-12-16/h2-4,6-8,11-14H,5,9-10H2,1H3,(H,20,22). The molecular formula is C19H20N2O2S2. The van der Waals surface area contributed by atoms with E-state index in [0.29, 0.717) is 18.8 Å². The quantitative estimate of drug-likeness (QED) is 0.580. The first kappa shape index (κ1) is 17.8. The van der Waals surface area contributed by atoms with Gasteiger partial charge in [0, 0.05) is 29.5 Å². The number of thiazole rings is 1. The van der Waals surface area contributed by atoms with Crippen molar-refractivity contribution in [3.05, 3.63) is 63.8 Å². The van der Waals surface area contributed by atoms with Crippen molar-refractivity contribution >= 4 is 28.6 Å². The van der Waals surface area contributed by atoms with E-state index in [4.69, 9.17) is 4.74 Å². The van der Waals surface area contributed by atoms with Crippen LogP contribution in [0.5, 0.6) is 0 Å². The Morgan fingerprint density at radius 3 is 2.84 bits per heavy atom. The van der Waals surface area contributed by atoms with Gasteiger partial charge in [0.2, 0.25) is 0 Å². The Labute approximate surface area is 155 Å². The molecule has 3 rings (SSSR count). The molecule has 0 radical (unpaired) electrons. The number of carbonyl (C=O) groups is 1. The van der Waals surface area contributed by atoms with Gasteiger partial charge in [-0.2, -0.15) is 11.3 Å². The van der Waals surface area contributed by atoms with Crippen LogP contribution in [0.25, 0.3) is 10.6 Å². The maximum absolute atomic E-state index is 12.1. The Hall–Kier alpha value is -2.02. The van der Waals surface area contributed by atoms with Crippen molar-refractivity contribution in [1.29, 1.82) is 0 Å². The second kappa shape index (κ2) is 8.89. The summed E-state index contributed by atoms with van der Waals surface area (Å²) in [5.41, 5.74) is 2.71. The van der Waals surface area contributed by atoms with Gasteiger partial charge in [0.25, 0.3) is 5.91 Å². The lowest BCUT2D eigenvalue weighted by atomic mass is 10.1. The molecule has 1 unspecified atom stereocenters. The fourth-order valence-electron chi connectivity index (χ4n) is 2.34. The number of benzene rings is 1. The van der Waals surface area contributed by atoms with Gasteiger partial charge in [-0.1, -0.05) is 30.3 Å². The number of hydrogen-bond donors (Lipinski definition) is 1. The molecule has 2 aromatic heterocycles. The van der Waals surface area contributed by atoms with Crippen LogP contribution in [0, 0.1) is 0 Å². The van der Waals surface area contributed by atoms with Crippen LogP contribution in [0.1, 0.15) is 35.5 Å². The molecule has 1 N–H and O–H groups in total. The van der Waals surface area contributed by atoms with Crippen LogP contribution in [0.2, 0.25) is 0 Å². The lowest BCUT2D eigenvalue weighted by Gasteiger charge is -2.13. The van der Waals surface area contributed by atoms with Crippen LogP contribution in [0.15, 0.2) is 52.5 Å². The second-order valence-electron chi connectivity index (χ2n) is 5.58. The molecule has 4 nitrogen and oxygen atoms in total. The minimum atomic E-state index is -0.131. The summed E-state index contributed by atoms with van der Waals surface area (Å²) in [6.07, 6.45) is 0.827. The highest BCUT2D eigenvalue weighted by atomic mass is 32.1. The van der Waals surface area contributed by atoms with Crippen LogP contribution >= 0.6 is 22.7 Å². The van der Waals surface area contributed by atoms with Crippen LogP contribution in [-0.4, -0.2) is 24.0 Å². The lowest BCUT2D eigenvalue weighted by Crippen LogP contribution is -2.25. The molecule has 1 aromatic carbocycles. The highest BCUT2D eigenvalue weighted by molar-refractivity contribution is 7.14. The SMILES string of the molecule is CC(OCCCNC(=O)c1csc(-c2ccsc2)n1)c1ccccc1. The normalized spacial score (nSPS) is 12.0. The molecule has 0 fully saturated rings. The van der Waals surface area contributed by atoms with Crippen molar-refractivity contribution in [2.45, 2.75) is 19.4 Å². The van der Waals surface area contributed by atoms with E-state index in [1.54, 1.807) is 16.7 Å². The van der Waals surface area contributed by atoms with Gasteiger partial charge < -0.3 is 10.1 Å². The fraction of sp³-hybridized carbons (Fsp3) is 0.263. The smallest absolute Gasteiger partial charge is 0.270 e. The molecule has 0 bridgehead atoms. The number of nitrogens with zero attached hydrogens (tertiary/aromatic N) is 1. The number of hydrogen-bond acceptors (Lipinski definition) is 5. The van der Waals surface area contributed by atoms with Crippen molar-refractivity contribution in [2.24, 2.45) is 0 Å². The largest absolute Gasteiger partial charge is 0.374 e. The van der Waals surface area contributed by atoms with Gasteiger partial charge in [-0.15, -0.1) is 11.3 Å². The summed E-state index contributed by atoms with van der Waals surface area (Å²) >= 11 is 3.12. The Morgan fingerprint density at radius 1 is 1.24 bits per heavy atom. The molecule has 130 valence electrons. The average Bonchev–Trinajstić information content (AvgIpc) is 3.33. The van der Waals surface area contributed by atoms with E-state index in [0.717, 1.165) is 22.6 Å². The zero-order valence-electron chi connectivity index (χ0n) is 14.0. The third-order valence-corrected chi connectivity index (χ3v) is 5.32. The van der Waals surface area contributed by atoms with Gasteiger partial charge in [0.15, 0.2) is 0 Å². The average molecular weight is 373 g/mol. The minimum absolute atomic E-state index is 0.0589. The van der Waals surface area contributed by atoms with Gasteiger partial charge in [-0.3, -0.25) is 4.79 Å². The van der Waals surface area contributed by atoms with E-state index in [2.05, 4.69) is 22.4 Å². The lowest BCUT2D eigenvalue weighted by molar-refractivity contribution is 0.0634. The first-order valence-corrected chi connectivity index (χ1v) is 9.99. The molecule has 25 heavy (non-hydrogen) atoms. The summed E-state index contributed by atoms with van der Waals surface area (Å²) < 4.78 is 5.80. The van der Waals surface area contributed by atoms with Gasteiger partial charge in [-0.05, 0) is 30.4 Å². The van der Waals surface area contributed by atoms with Crippen LogP contribution in [-0.2, 0) is 4.74 Å². The van der Waals surface area contributed by atoms with E-state index in [1.165, 1.54) is 11.3 Å². The number of amides is 1. The predicted molar refractivity (Wildman–Crippen MR) is 103 cm³/mol. The van der Waals surface area contributed by atoms with Crippen LogP contribution < -0.4 is 5.32 Å². The van der Waals surface area contributed by atoms with Gasteiger partial charge in [0.1, 0.15) is 10.7 Å². The molecule has 0 aliphatic heterocycles. The molecule has 0 aliphatic rings. The highest BCUT2D eigenvalue weighted by Gasteiger charge is 2.11. The Balaban J connectivity index is 1.38. The zero-order chi connectivity index (χ0) is 17.5. The maximum Gasteiger partial charge on any atom is 0.270 e. The van der Waals surface area contributed by atoms with Gasteiger partial charge in [0.05, 0.1) is 6.10 Å². The van der Waals surface area contributed by atoms with E-state index >= 15 is 0 Å². The maximum atomic E-state index is 12.1. The van der Waals surface area contributed by atoms with E-state index < -0.39 is 0 Å². The van der Waals surface area contributed by atoms with Crippen molar-refractivity contribution in [2.75, 3.05) is 13.2 Å². The third kappa shape index (κ3) is 4.98. The Bertz CT molecular complexity index is 785. The predicted octanol–water partition coefficient (Wildman–Crippen LogP) is 4.77. The fourth-order valence-corrected chi connectivity index (χ4v) is 3.85. The first-order chi connectivity index (χ1) is 12.2. The van der Waals surface area contributed by atoms with Crippen molar-refractivity contribution in [3.63, 3.8) is 0 Å². The van der Waals surface area contributed by atoms with Crippen molar-refractivity contribution in [3.8, 4) is 10.6 Å². The summed E-state index contributed by atoms with van der Waals surface area (Å²) in [4.78, 5) is 16.5. The topological polar surface area (TPSA) is 51.2 Å². The van der Waals surface area contributed by atoms with Crippen molar-refractivity contribution in [1.82, 2.24) is 10.3 Å². The molecule has 2 heterocycles. The number of nitrogens with one attached hydrogen (secondary N) is 1. The molecule has 3 aromatic rings. The number of thiophene rings is 1. The number of rotatable bonds is 8. The number of ether oxygens (including phenoxy) is 1. The molecule has 0 spiro atoms. The number of carbonyl (C=O) groups excluding carboxylic acids is 1. The van der Waals surface area contributed by atoms with Gasteiger partial charge >= 0.3 is 0 Å². The second-order valence-corrected chi connectivity index (χ2v) is 7.22. The Kier molecular flexibility index (Phi) is 6.33. The minimum Gasteiger partial charge on any atom is -0.374 e. The molecular weight excluding hydrogens is 352 g/mol. The van der Waals surface area contributed by atoms with Crippen LogP contribution in [0.3, 0.4) is 0 Å². The molecule has 6 heteroatoms.